The van der Waals surface area contributed by atoms with E-state index in [1.165, 1.54) is 0 Å². The van der Waals surface area contributed by atoms with Gasteiger partial charge in [0.05, 0.1) is 0 Å². The standard InChI is InChI=1S/C6H5NOS.C2HF3O2/c8-6(9)5-3-1-2-4-7-5;3-2(4,5)1(6)7/h1-4H,(H,8,9);(H,6,7). The molecule has 88 valence electrons. The third kappa shape index (κ3) is 6.02. The highest BCUT2D eigenvalue weighted by molar-refractivity contribution is 7.97. The van der Waals surface area contributed by atoms with Gasteiger partial charge in [0.25, 0.3) is 0 Å². The highest BCUT2D eigenvalue weighted by Crippen LogP contribution is 2.13. The molecule has 0 bridgehead atoms. The topological polar surface area (TPSA) is 67.3 Å². The Kier molecular flexibility index (Phi) is 5.51. The molecule has 1 aromatic heterocycles. The Hall–Kier alpha value is -1.57. The third-order valence-corrected chi connectivity index (χ3v) is 1.36. The van der Waals surface area contributed by atoms with Gasteiger partial charge in [0.15, 0.2) is 0 Å². The molecule has 0 atom stereocenters. The van der Waals surface area contributed by atoms with E-state index < -0.39 is 12.1 Å². The molecule has 8 heteroatoms. The van der Waals surface area contributed by atoms with Crippen LogP contribution in [0.1, 0.15) is 10.5 Å². The van der Waals surface area contributed by atoms with Crippen LogP contribution in [0.3, 0.4) is 0 Å². The van der Waals surface area contributed by atoms with E-state index in [1.54, 1.807) is 24.4 Å². The number of carbonyl (C=O) groups excluding carboxylic acids is 1. The second kappa shape index (κ2) is 6.11. The lowest BCUT2D eigenvalue weighted by molar-refractivity contribution is -0.192. The molecule has 0 fully saturated rings. The van der Waals surface area contributed by atoms with Gasteiger partial charge >= 0.3 is 12.1 Å². The van der Waals surface area contributed by atoms with Gasteiger partial charge in [0, 0.05) is 6.20 Å². The number of alkyl halides is 3. The summed E-state index contributed by atoms with van der Waals surface area (Å²) in [6.07, 6.45) is -3.52. The number of pyridine rings is 1. The fraction of sp³-hybridized carbons (Fsp3) is 0.125. The molecule has 0 aliphatic heterocycles. The van der Waals surface area contributed by atoms with Crippen molar-refractivity contribution in [1.82, 2.24) is 4.98 Å². The van der Waals surface area contributed by atoms with Gasteiger partial charge in [0.2, 0.25) is 5.12 Å². The Balaban J connectivity index is 0.000000293. The van der Waals surface area contributed by atoms with E-state index in [9.17, 15) is 18.0 Å². The molecule has 0 radical (unpaired) electrons. The molecule has 1 N–H and O–H groups in total. The minimum atomic E-state index is -5.08. The van der Waals surface area contributed by atoms with Crippen LogP contribution in [0.25, 0.3) is 0 Å². The fourth-order valence-corrected chi connectivity index (χ4v) is 0.622. The van der Waals surface area contributed by atoms with Crippen molar-refractivity contribution in [3.05, 3.63) is 30.1 Å². The van der Waals surface area contributed by atoms with E-state index in [-0.39, 0.29) is 5.12 Å². The predicted molar refractivity (Wildman–Crippen MR) is 51.2 cm³/mol. The van der Waals surface area contributed by atoms with E-state index in [0.29, 0.717) is 5.69 Å². The maximum absolute atomic E-state index is 10.6. The first-order valence-corrected chi connectivity index (χ1v) is 4.14. The zero-order valence-corrected chi connectivity index (χ0v) is 8.50. The van der Waals surface area contributed by atoms with Crippen LogP contribution >= 0.6 is 12.6 Å². The average molecular weight is 253 g/mol. The molecule has 0 aliphatic rings. The molecule has 1 rings (SSSR count). The largest absolute Gasteiger partial charge is 0.490 e. The maximum Gasteiger partial charge on any atom is 0.490 e. The number of aliphatic carboxylic acids is 1. The van der Waals surface area contributed by atoms with Crippen molar-refractivity contribution < 1.29 is 27.9 Å². The fourth-order valence-electron chi connectivity index (χ4n) is 0.489. The van der Waals surface area contributed by atoms with Crippen molar-refractivity contribution in [2.75, 3.05) is 0 Å². The Morgan fingerprint density at radius 1 is 1.31 bits per heavy atom. The van der Waals surface area contributed by atoms with Crippen molar-refractivity contribution in [3.8, 4) is 0 Å². The summed E-state index contributed by atoms with van der Waals surface area (Å²) in [6.45, 7) is 0. The van der Waals surface area contributed by atoms with E-state index >= 15 is 0 Å². The van der Waals surface area contributed by atoms with Crippen molar-refractivity contribution in [3.63, 3.8) is 0 Å². The SMILES string of the molecule is O=C(O)C(F)(F)F.O=C(S)c1ccccn1. The zero-order valence-electron chi connectivity index (χ0n) is 7.60. The molecule has 0 aliphatic carbocycles. The number of carboxylic acid groups (broad SMARTS) is 1. The normalized spacial score (nSPS) is 10.0. The summed E-state index contributed by atoms with van der Waals surface area (Å²) >= 11 is 3.59. The lowest BCUT2D eigenvalue weighted by atomic mass is 10.4. The summed E-state index contributed by atoms with van der Waals surface area (Å²) < 4.78 is 31.7. The van der Waals surface area contributed by atoms with E-state index in [2.05, 4.69) is 17.6 Å². The van der Waals surface area contributed by atoms with Crippen LogP contribution < -0.4 is 0 Å². The summed E-state index contributed by atoms with van der Waals surface area (Å²) in [7, 11) is 0. The van der Waals surface area contributed by atoms with Crippen molar-refractivity contribution in [2.45, 2.75) is 6.18 Å². The van der Waals surface area contributed by atoms with E-state index in [4.69, 9.17) is 9.90 Å². The summed E-state index contributed by atoms with van der Waals surface area (Å²) in [5.74, 6) is -2.76. The second-order valence-corrected chi connectivity index (χ2v) is 2.73. The number of halogens is 3. The van der Waals surface area contributed by atoms with Gasteiger partial charge in [-0.15, -0.1) is 0 Å². The monoisotopic (exact) mass is 253 g/mol. The number of hydrogen-bond donors (Lipinski definition) is 2. The van der Waals surface area contributed by atoms with Crippen LogP contribution in [0.4, 0.5) is 13.2 Å². The first-order valence-electron chi connectivity index (χ1n) is 3.69. The number of thiol groups is 1. The Labute approximate surface area is 93.5 Å². The molecule has 1 aromatic rings. The quantitative estimate of drug-likeness (QED) is 0.749. The molecule has 0 amide bonds. The summed E-state index contributed by atoms with van der Waals surface area (Å²) in [4.78, 5) is 23.1. The highest BCUT2D eigenvalue weighted by Gasteiger charge is 2.38. The van der Waals surface area contributed by atoms with Crippen LogP contribution in [-0.4, -0.2) is 27.4 Å². The van der Waals surface area contributed by atoms with Gasteiger partial charge in [-0.2, -0.15) is 13.2 Å². The second-order valence-electron chi connectivity index (χ2n) is 2.32. The lowest BCUT2D eigenvalue weighted by Gasteiger charge is -1.93. The predicted octanol–water partition coefficient (Wildman–Crippen LogP) is 1.78. The summed E-state index contributed by atoms with van der Waals surface area (Å²) in [6, 6.07) is 5.12. The molecule has 4 nitrogen and oxygen atoms in total. The van der Waals surface area contributed by atoms with Gasteiger partial charge in [-0.3, -0.25) is 9.78 Å². The van der Waals surface area contributed by atoms with E-state index in [0.717, 1.165) is 0 Å². The number of carboxylic acids is 1. The third-order valence-electron chi connectivity index (χ3n) is 1.13. The van der Waals surface area contributed by atoms with Crippen molar-refractivity contribution >= 4 is 23.7 Å². The smallest absolute Gasteiger partial charge is 0.475 e. The molecule has 0 spiro atoms. The molecular weight excluding hydrogens is 247 g/mol. The van der Waals surface area contributed by atoms with Gasteiger partial charge in [-0.05, 0) is 12.1 Å². The van der Waals surface area contributed by atoms with Crippen LogP contribution in [0.15, 0.2) is 24.4 Å². The summed E-state index contributed by atoms with van der Waals surface area (Å²) in [5, 5.41) is 6.83. The minimum absolute atomic E-state index is 0.296. The number of hydrogen-bond acceptors (Lipinski definition) is 3. The molecule has 16 heavy (non-hydrogen) atoms. The number of aromatic nitrogens is 1. The number of rotatable bonds is 1. The van der Waals surface area contributed by atoms with E-state index in [1.807, 2.05) is 0 Å². The van der Waals surface area contributed by atoms with Gasteiger partial charge in [-0.25, -0.2) is 4.79 Å². The van der Waals surface area contributed by atoms with Gasteiger partial charge in [0.1, 0.15) is 5.69 Å². The van der Waals surface area contributed by atoms with Crippen LogP contribution in [0.5, 0.6) is 0 Å². The van der Waals surface area contributed by atoms with Crippen molar-refractivity contribution in [2.24, 2.45) is 0 Å². The number of carbonyl (C=O) groups is 2. The first kappa shape index (κ1) is 14.4. The lowest BCUT2D eigenvalue weighted by Crippen LogP contribution is -2.21. The van der Waals surface area contributed by atoms with Crippen molar-refractivity contribution in [1.29, 1.82) is 0 Å². The van der Waals surface area contributed by atoms with Crippen LogP contribution in [-0.2, 0) is 4.79 Å². The number of nitrogens with zero attached hydrogens (tertiary/aromatic N) is 1. The van der Waals surface area contributed by atoms with Gasteiger partial charge in [-0.1, -0.05) is 18.7 Å². The minimum Gasteiger partial charge on any atom is -0.475 e. The van der Waals surface area contributed by atoms with Crippen LogP contribution in [0, 0.1) is 0 Å². The summed E-state index contributed by atoms with van der Waals surface area (Å²) in [5.41, 5.74) is 0.390. The first-order chi connectivity index (χ1) is 7.25. The average Bonchev–Trinajstić information content (AvgIpc) is 2.18. The Bertz CT molecular complexity index is 367. The van der Waals surface area contributed by atoms with Crippen LogP contribution in [0.2, 0.25) is 0 Å². The molecule has 0 saturated heterocycles. The molecular formula is C8H6F3NO3S. The molecule has 0 unspecified atom stereocenters. The van der Waals surface area contributed by atoms with Gasteiger partial charge < -0.3 is 5.11 Å². The molecule has 1 heterocycles. The Morgan fingerprint density at radius 3 is 2.00 bits per heavy atom. The Morgan fingerprint density at radius 2 is 1.81 bits per heavy atom. The highest BCUT2D eigenvalue weighted by atomic mass is 32.1. The molecule has 0 saturated carbocycles. The molecule has 0 aromatic carbocycles. The zero-order chi connectivity index (χ0) is 12.8. The maximum atomic E-state index is 10.6.